The summed E-state index contributed by atoms with van der Waals surface area (Å²) in [4.78, 5) is 24.4. The lowest BCUT2D eigenvalue weighted by molar-refractivity contribution is -0.143. The molecule has 4 aromatic carbocycles. The van der Waals surface area contributed by atoms with Crippen LogP contribution in [-0.2, 0) is 50.5 Å². The average molecular weight is 829 g/mol. The van der Waals surface area contributed by atoms with Gasteiger partial charge in [-0.3, -0.25) is 0 Å². The lowest BCUT2D eigenvalue weighted by atomic mass is 9.78. The predicted octanol–water partition coefficient (Wildman–Crippen LogP) is 7.08. The second-order valence-corrected chi connectivity index (χ2v) is 17.6. The van der Waals surface area contributed by atoms with Gasteiger partial charge < -0.3 is 47.0 Å². The number of benzene rings is 4. The van der Waals surface area contributed by atoms with Crippen molar-refractivity contribution in [3.8, 4) is 46.5 Å². The molecule has 2 saturated heterocycles. The topological polar surface area (TPSA) is 126 Å². The van der Waals surface area contributed by atoms with Crippen molar-refractivity contribution in [2.75, 3.05) is 27.4 Å². The van der Waals surface area contributed by atoms with Crippen LogP contribution < -0.4 is 18.9 Å². The number of ether oxygens (including phenoxy) is 6. The van der Waals surface area contributed by atoms with E-state index in [0.29, 0.717) is 29.4 Å². The molecule has 0 N–H and O–H groups in total. The minimum absolute atomic E-state index is 0.138. The maximum atomic E-state index is 12.2. The molecular formula is C47H50B2O12. The second kappa shape index (κ2) is 15.8. The quantitative estimate of drug-likeness (QED) is 0.102. The summed E-state index contributed by atoms with van der Waals surface area (Å²) in [6.45, 7) is 15.4. The third-order valence-corrected chi connectivity index (χ3v) is 12.8. The fourth-order valence-corrected chi connectivity index (χ4v) is 8.08. The van der Waals surface area contributed by atoms with Crippen molar-refractivity contribution in [1.29, 1.82) is 0 Å². The molecule has 4 aliphatic rings. The van der Waals surface area contributed by atoms with Gasteiger partial charge in [0.1, 0.15) is 23.0 Å². The molecule has 0 amide bonds. The standard InChI is InChI=1S/C47H50B2O12/c1-44(2)45(3,4)59-48(58-44)23-11-13-30-28-15-21-37-42(32(28)17-19-35(30)54-26-39(50)52-9)34-25-41(56-37)57-38-22-16-29-31(14-12-24-49-60-46(5,6)47(7,8)61-49)36(55-27-40(51)53-10)20-18-33(29)43(34)38/h15-22,34,41H,13-14,25-27H2,1-10H3. The highest BCUT2D eigenvalue weighted by Gasteiger charge is 2.52. The first kappa shape index (κ1) is 42.3. The van der Waals surface area contributed by atoms with Crippen molar-refractivity contribution in [2.24, 2.45) is 0 Å². The lowest BCUT2D eigenvalue weighted by Gasteiger charge is -2.39. The summed E-state index contributed by atoms with van der Waals surface area (Å²) in [6.07, 6.45) is 0.643. The monoisotopic (exact) mass is 828 g/mol. The summed E-state index contributed by atoms with van der Waals surface area (Å²) in [5, 5.41) is 3.71. The summed E-state index contributed by atoms with van der Waals surface area (Å²) in [6, 6.07) is 15.7. The summed E-state index contributed by atoms with van der Waals surface area (Å²) in [5.41, 5.74) is 1.50. The highest BCUT2D eigenvalue weighted by atomic mass is 16.7. The molecule has 4 heterocycles. The smallest absolute Gasteiger partial charge is 0.482 e. The van der Waals surface area contributed by atoms with Crippen molar-refractivity contribution < 1.29 is 56.6 Å². The van der Waals surface area contributed by atoms with Crippen LogP contribution in [0.15, 0.2) is 48.5 Å². The minimum atomic E-state index is -0.699. The largest absolute Gasteiger partial charge is 0.551 e. The molecule has 4 aromatic rings. The van der Waals surface area contributed by atoms with Crippen LogP contribution in [0.25, 0.3) is 21.5 Å². The van der Waals surface area contributed by atoms with Gasteiger partial charge in [-0.15, -0.1) is 11.8 Å². The van der Waals surface area contributed by atoms with E-state index in [1.54, 1.807) is 0 Å². The van der Waals surface area contributed by atoms with Gasteiger partial charge >= 0.3 is 26.2 Å². The van der Waals surface area contributed by atoms with Gasteiger partial charge in [-0.2, -0.15) is 0 Å². The second-order valence-electron chi connectivity index (χ2n) is 17.6. The third kappa shape index (κ3) is 7.87. The number of carbonyl (C=O) groups excluding carboxylic acids is 2. The summed E-state index contributed by atoms with van der Waals surface area (Å²) in [5.74, 6) is 14.2. The molecule has 12 nitrogen and oxygen atoms in total. The number of fused-ring (bicyclic) bond motifs is 10. The number of hydrogen-bond donors (Lipinski definition) is 0. The fraction of sp³-hybridized carbons (Fsp3) is 0.447. The Kier molecular flexibility index (Phi) is 11.0. The van der Waals surface area contributed by atoms with E-state index in [1.807, 2.05) is 104 Å². The molecule has 316 valence electrons. The number of carbonyl (C=O) groups is 2. The molecule has 0 spiro atoms. The molecule has 4 aliphatic heterocycles. The Labute approximate surface area is 357 Å². The number of rotatable bonds is 8. The molecule has 0 saturated carbocycles. The van der Waals surface area contributed by atoms with E-state index >= 15 is 0 Å². The Bertz CT molecular complexity index is 2350. The molecule has 8 rings (SSSR count). The first-order valence-corrected chi connectivity index (χ1v) is 20.5. The van der Waals surface area contributed by atoms with Crippen LogP contribution in [0, 0.1) is 23.5 Å². The van der Waals surface area contributed by atoms with E-state index in [9.17, 15) is 9.59 Å². The molecule has 2 fully saturated rings. The van der Waals surface area contributed by atoms with Gasteiger partial charge in [-0.25, -0.2) is 9.59 Å². The van der Waals surface area contributed by atoms with Crippen molar-refractivity contribution in [2.45, 2.75) is 109 Å². The lowest BCUT2D eigenvalue weighted by Crippen LogP contribution is -2.41. The van der Waals surface area contributed by atoms with E-state index in [1.165, 1.54) is 14.2 Å². The minimum Gasteiger partial charge on any atom is -0.482 e. The molecule has 61 heavy (non-hydrogen) atoms. The summed E-state index contributed by atoms with van der Waals surface area (Å²) >= 11 is 0. The molecule has 0 aliphatic carbocycles. The van der Waals surface area contributed by atoms with Crippen LogP contribution in [0.4, 0.5) is 0 Å². The Morgan fingerprint density at radius 1 is 0.590 bits per heavy atom. The van der Waals surface area contributed by atoms with Crippen molar-refractivity contribution in [3.05, 3.63) is 70.8 Å². The maximum Gasteiger partial charge on any atom is 0.551 e. The predicted molar refractivity (Wildman–Crippen MR) is 230 cm³/mol. The molecule has 0 atom stereocenters. The highest BCUT2D eigenvalue weighted by molar-refractivity contribution is 6.55. The molecular weight excluding hydrogens is 778 g/mol. The molecule has 2 bridgehead atoms. The van der Waals surface area contributed by atoms with Crippen molar-refractivity contribution in [1.82, 2.24) is 0 Å². The Balaban J connectivity index is 1.21. The Morgan fingerprint density at radius 3 is 1.34 bits per heavy atom. The van der Waals surface area contributed by atoms with Crippen LogP contribution in [0.3, 0.4) is 0 Å². The first-order valence-electron chi connectivity index (χ1n) is 20.5. The van der Waals surface area contributed by atoms with Crippen LogP contribution in [0.1, 0.15) is 90.0 Å². The Hall–Kier alpha value is -5.37. The van der Waals surface area contributed by atoms with Gasteiger partial charge in [0.2, 0.25) is 6.29 Å². The van der Waals surface area contributed by atoms with E-state index in [-0.39, 0.29) is 32.0 Å². The van der Waals surface area contributed by atoms with Gasteiger partial charge in [-0.1, -0.05) is 35.9 Å². The molecule has 0 radical (unpaired) electrons. The zero-order valence-corrected chi connectivity index (χ0v) is 36.4. The van der Waals surface area contributed by atoms with E-state index in [0.717, 1.165) is 43.8 Å². The highest BCUT2D eigenvalue weighted by Crippen LogP contribution is 2.53. The molecule has 0 unspecified atom stereocenters. The Morgan fingerprint density at radius 2 is 0.967 bits per heavy atom. The number of hydrogen-bond acceptors (Lipinski definition) is 12. The number of esters is 2. The maximum absolute atomic E-state index is 12.2. The molecule has 0 aromatic heterocycles. The van der Waals surface area contributed by atoms with E-state index in [2.05, 4.69) is 23.5 Å². The first-order chi connectivity index (χ1) is 28.9. The third-order valence-electron chi connectivity index (χ3n) is 12.8. The summed E-state index contributed by atoms with van der Waals surface area (Å²) in [7, 11) is 1.25. The normalized spacial score (nSPS) is 20.8. The van der Waals surface area contributed by atoms with Crippen LogP contribution >= 0.6 is 0 Å². The van der Waals surface area contributed by atoms with Crippen molar-refractivity contribution >= 4 is 47.7 Å². The van der Waals surface area contributed by atoms with Crippen LogP contribution in [-0.4, -0.2) is 82.3 Å². The van der Waals surface area contributed by atoms with Crippen molar-refractivity contribution in [3.63, 3.8) is 0 Å². The zero-order valence-electron chi connectivity index (χ0n) is 36.4. The van der Waals surface area contributed by atoms with Crippen LogP contribution in [0.2, 0.25) is 0 Å². The average Bonchev–Trinajstić information content (AvgIpc) is 3.56. The summed E-state index contributed by atoms with van der Waals surface area (Å²) < 4.78 is 59.4. The van der Waals surface area contributed by atoms with Gasteiger partial charge in [0, 0.05) is 47.4 Å². The van der Waals surface area contributed by atoms with Crippen LogP contribution in [0.5, 0.6) is 23.0 Å². The zero-order chi connectivity index (χ0) is 43.5. The van der Waals surface area contributed by atoms with E-state index < -0.39 is 54.9 Å². The van der Waals surface area contributed by atoms with Gasteiger partial charge in [-0.05, 0) is 101 Å². The van der Waals surface area contributed by atoms with Gasteiger partial charge in [0.05, 0.1) is 36.6 Å². The van der Waals surface area contributed by atoms with Gasteiger partial charge in [0.25, 0.3) is 0 Å². The SMILES string of the molecule is COC(=O)COc1ccc2c3c(ccc2c1CC#CB1OC(C)(C)C(C)(C)O1)OC1CC3c2c(ccc3c(CC#CB4OC(C)(C)C(C)(C)O4)c(OCC(=O)OC)ccc23)O1. The molecule has 14 heteroatoms. The van der Waals surface area contributed by atoms with Gasteiger partial charge in [0.15, 0.2) is 13.2 Å². The fourth-order valence-electron chi connectivity index (χ4n) is 8.08. The van der Waals surface area contributed by atoms with E-state index in [4.69, 9.17) is 47.0 Å². The number of methoxy groups -OCH3 is 2.